The number of methoxy groups -OCH3 is 2. The molecule has 0 saturated carbocycles. The van der Waals surface area contributed by atoms with Crippen LogP contribution in [0.15, 0.2) is 66.7 Å². The highest BCUT2D eigenvalue weighted by atomic mass is 16.5. The highest BCUT2D eigenvalue weighted by Gasteiger charge is 2.17. The van der Waals surface area contributed by atoms with Crippen LogP contribution in [0.4, 0.5) is 5.69 Å². The zero-order valence-corrected chi connectivity index (χ0v) is 18.3. The Balaban J connectivity index is 1.65. The highest BCUT2D eigenvalue weighted by Crippen LogP contribution is 2.33. The van der Waals surface area contributed by atoms with Crippen molar-refractivity contribution in [2.75, 3.05) is 26.1 Å². The monoisotopic (exact) mass is 431 g/mol. The molecule has 0 aliphatic carbocycles. The van der Waals surface area contributed by atoms with Crippen molar-refractivity contribution in [2.24, 2.45) is 0 Å². The number of aromatic nitrogens is 2. The predicted octanol–water partition coefficient (Wildman–Crippen LogP) is 4.76. The number of hydrogen-bond acceptors (Lipinski definition) is 5. The molecule has 3 aromatic carbocycles. The number of para-hydroxylation sites is 2. The minimum absolute atomic E-state index is 0.109. The number of nitrogens with zero attached hydrogens (tertiary/aromatic N) is 2. The molecule has 1 heterocycles. The summed E-state index contributed by atoms with van der Waals surface area (Å²) in [6.07, 6.45) is 0. The molecule has 7 heteroatoms. The minimum Gasteiger partial charge on any atom is -0.494 e. The van der Waals surface area contributed by atoms with Crippen LogP contribution in [-0.2, 0) is 11.3 Å². The number of amides is 1. The number of nitrogens with one attached hydrogen (secondary N) is 1. The van der Waals surface area contributed by atoms with Gasteiger partial charge in [0.05, 0.1) is 31.9 Å². The van der Waals surface area contributed by atoms with Gasteiger partial charge in [0.2, 0.25) is 5.91 Å². The smallest absolute Gasteiger partial charge is 0.244 e. The van der Waals surface area contributed by atoms with Gasteiger partial charge in [-0.3, -0.25) is 4.79 Å². The van der Waals surface area contributed by atoms with E-state index in [1.165, 1.54) is 0 Å². The van der Waals surface area contributed by atoms with E-state index in [9.17, 15) is 4.79 Å². The maximum atomic E-state index is 12.9. The van der Waals surface area contributed by atoms with Gasteiger partial charge in [-0.2, -0.15) is 0 Å². The molecule has 1 N–H and O–H groups in total. The summed E-state index contributed by atoms with van der Waals surface area (Å²) in [5, 5.41) is 2.95. The van der Waals surface area contributed by atoms with E-state index in [0.717, 1.165) is 22.3 Å². The van der Waals surface area contributed by atoms with Gasteiger partial charge in [0, 0.05) is 11.3 Å². The van der Waals surface area contributed by atoms with Gasteiger partial charge in [-0.1, -0.05) is 12.1 Å². The fraction of sp³-hybridized carbons (Fsp3) is 0.200. The first-order valence-corrected chi connectivity index (χ1v) is 10.3. The molecule has 0 atom stereocenters. The van der Waals surface area contributed by atoms with E-state index in [-0.39, 0.29) is 12.5 Å². The summed E-state index contributed by atoms with van der Waals surface area (Å²) in [5.74, 6) is 2.52. The molecule has 0 saturated heterocycles. The van der Waals surface area contributed by atoms with Crippen molar-refractivity contribution >= 4 is 22.6 Å². The van der Waals surface area contributed by atoms with E-state index in [4.69, 9.17) is 19.2 Å². The van der Waals surface area contributed by atoms with E-state index in [1.54, 1.807) is 14.2 Å². The van der Waals surface area contributed by atoms with Crippen LogP contribution in [0.1, 0.15) is 6.92 Å². The molecule has 1 amide bonds. The molecule has 0 radical (unpaired) electrons. The lowest BCUT2D eigenvalue weighted by molar-refractivity contribution is -0.116. The maximum Gasteiger partial charge on any atom is 0.244 e. The lowest BCUT2D eigenvalue weighted by Gasteiger charge is -2.12. The van der Waals surface area contributed by atoms with Gasteiger partial charge in [0.1, 0.15) is 18.1 Å². The summed E-state index contributed by atoms with van der Waals surface area (Å²) >= 11 is 0. The van der Waals surface area contributed by atoms with Crippen molar-refractivity contribution < 1.29 is 19.0 Å². The first-order valence-electron chi connectivity index (χ1n) is 10.3. The van der Waals surface area contributed by atoms with E-state index in [0.29, 0.717) is 29.6 Å². The standard InChI is InChI=1S/C25H25N3O4/c1-4-32-19-12-10-18(11-13-19)26-24(29)16-28-21-8-6-5-7-20(21)27-25(28)17-9-14-22(30-2)23(15-17)31-3/h5-15H,4,16H2,1-3H3,(H,26,29). The molecule has 164 valence electrons. The van der Waals surface area contributed by atoms with Crippen LogP contribution in [0, 0.1) is 0 Å². The Labute approximate surface area is 186 Å². The topological polar surface area (TPSA) is 74.6 Å². The molecular weight excluding hydrogens is 406 g/mol. The quantitative estimate of drug-likeness (QED) is 0.435. The summed E-state index contributed by atoms with van der Waals surface area (Å²) in [4.78, 5) is 17.7. The normalized spacial score (nSPS) is 10.7. The Morgan fingerprint density at radius 1 is 0.969 bits per heavy atom. The Morgan fingerprint density at radius 3 is 2.44 bits per heavy atom. The number of imidazole rings is 1. The molecule has 0 bridgehead atoms. The lowest BCUT2D eigenvalue weighted by atomic mass is 10.2. The van der Waals surface area contributed by atoms with Crippen molar-refractivity contribution in [1.29, 1.82) is 0 Å². The van der Waals surface area contributed by atoms with Crippen molar-refractivity contribution in [1.82, 2.24) is 9.55 Å². The number of anilines is 1. The molecule has 0 aliphatic heterocycles. The van der Waals surface area contributed by atoms with Crippen LogP contribution in [0.5, 0.6) is 17.2 Å². The summed E-state index contributed by atoms with van der Waals surface area (Å²) in [6, 6.07) is 20.7. The summed E-state index contributed by atoms with van der Waals surface area (Å²) < 4.78 is 18.2. The van der Waals surface area contributed by atoms with Crippen molar-refractivity contribution in [2.45, 2.75) is 13.5 Å². The molecule has 4 rings (SSSR count). The molecule has 0 unspecified atom stereocenters. The van der Waals surface area contributed by atoms with Gasteiger partial charge in [0.25, 0.3) is 0 Å². The van der Waals surface area contributed by atoms with Crippen LogP contribution < -0.4 is 19.5 Å². The predicted molar refractivity (Wildman–Crippen MR) is 125 cm³/mol. The van der Waals surface area contributed by atoms with E-state index < -0.39 is 0 Å². The Morgan fingerprint density at radius 2 is 1.72 bits per heavy atom. The molecule has 4 aromatic rings. The molecular formula is C25H25N3O4. The Bertz CT molecular complexity index is 1230. The number of fused-ring (bicyclic) bond motifs is 1. The molecule has 0 spiro atoms. The third kappa shape index (κ3) is 4.37. The second kappa shape index (κ2) is 9.43. The van der Waals surface area contributed by atoms with Crippen LogP contribution >= 0.6 is 0 Å². The number of hydrogen-bond donors (Lipinski definition) is 1. The third-order valence-electron chi connectivity index (χ3n) is 5.05. The lowest BCUT2D eigenvalue weighted by Crippen LogP contribution is -2.19. The van der Waals surface area contributed by atoms with E-state index in [2.05, 4.69) is 5.32 Å². The Hall–Kier alpha value is -4.00. The fourth-order valence-corrected chi connectivity index (χ4v) is 3.58. The van der Waals surface area contributed by atoms with Crippen LogP contribution in [-0.4, -0.2) is 36.3 Å². The first-order chi connectivity index (χ1) is 15.6. The van der Waals surface area contributed by atoms with Crippen molar-refractivity contribution in [3.63, 3.8) is 0 Å². The molecule has 1 aromatic heterocycles. The third-order valence-corrected chi connectivity index (χ3v) is 5.05. The first kappa shape index (κ1) is 21.2. The van der Waals surface area contributed by atoms with Crippen molar-refractivity contribution in [3.05, 3.63) is 66.7 Å². The number of carbonyl (C=O) groups is 1. The molecule has 7 nitrogen and oxygen atoms in total. The van der Waals surface area contributed by atoms with Crippen LogP contribution in [0.2, 0.25) is 0 Å². The SMILES string of the molecule is CCOc1ccc(NC(=O)Cn2c(-c3ccc(OC)c(OC)c3)nc3ccccc32)cc1. The fourth-order valence-electron chi connectivity index (χ4n) is 3.58. The summed E-state index contributed by atoms with van der Waals surface area (Å²) in [5.41, 5.74) is 3.22. The van der Waals surface area contributed by atoms with Crippen LogP contribution in [0.3, 0.4) is 0 Å². The van der Waals surface area contributed by atoms with Gasteiger partial charge in [-0.15, -0.1) is 0 Å². The van der Waals surface area contributed by atoms with Crippen LogP contribution in [0.25, 0.3) is 22.4 Å². The number of benzene rings is 3. The van der Waals surface area contributed by atoms with Gasteiger partial charge in [-0.25, -0.2) is 4.98 Å². The van der Waals surface area contributed by atoms with Gasteiger partial charge in [-0.05, 0) is 61.5 Å². The molecule has 32 heavy (non-hydrogen) atoms. The second-order valence-corrected chi connectivity index (χ2v) is 7.09. The second-order valence-electron chi connectivity index (χ2n) is 7.09. The van der Waals surface area contributed by atoms with Gasteiger partial charge < -0.3 is 24.1 Å². The maximum absolute atomic E-state index is 12.9. The van der Waals surface area contributed by atoms with Crippen molar-refractivity contribution in [3.8, 4) is 28.6 Å². The largest absolute Gasteiger partial charge is 0.494 e. The Kier molecular flexibility index (Phi) is 6.26. The summed E-state index contributed by atoms with van der Waals surface area (Å²) in [7, 11) is 3.19. The average Bonchev–Trinajstić information content (AvgIpc) is 3.18. The highest BCUT2D eigenvalue weighted by molar-refractivity contribution is 5.92. The number of ether oxygens (including phenoxy) is 3. The average molecular weight is 431 g/mol. The molecule has 0 aliphatic rings. The zero-order chi connectivity index (χ0) is 22.5. The zero-order valence-electron chi connectivity index (χ0n) is 18.3. The van der Waals surface area contributed by atoms with Gasteiger partial charge >= 0.3 is 0 Å². The number of rotatable bonds is 8. The summed E-state index contributed by atoms with van der Waals surface area (Å²) in [6.45, 7) is 2.64. The van der Waals surface area contributed by atoms with E-state index >= 15 is 0 Å². The molecule has 0 fully saturated rings. The number of carbonyl (C=O) groups excluding carboxylic acids is 1. The minimum atomic E-state index is -0.154. The van der Waals surface area contributed by atoms with Gasteiger partial charge in [0.15, 0.2) is 11.5 Å². The van der Waals surface area contributed by atoms with E-state index in [1.807, 2.05) is 78.2 Å².